The van der Waals surface area contributed by atoms with Gasteiger partial charge in [-0.3, -0.25) is 0 Å². The molecule has 0 aliphatic carbocycles. The van der Waals surface area contributed by atoms with Crippen molar-refractivity contribution in [3.63, 3.8) is 0 Å². The Morgan fingerprint density at radius 3 is 2.09 bits per heavy atom. The molecule has 8 aromatic rings. The molecule has 8 nitrogen and oxygen atoms in total. The van der Waals surface area contributed by atoms with Gasteiger partial charge < -0.3 is 13.7 Å². The summed E-state index contributed by atoms with van der Waals surface area (Å²) in [5.41, 5.74) is 6.83. The van der Waals surface area contributed by atoms with Crippen molar-refractivity contribution in [3.05, 3.63) is 144 Å². The average molecular weight is 774 g/mol. The Balaban J connectivity index is 0.977. The Kier molecular flexibility index (Phi) is 7.89. The quantitative estimate of drug-likeness (QED) is 0.154. The fourth-order valence-corrected chi connectivity index (χ4v) is 9.91. The Morgan fingerprint density at radius 2 is 1.30 bits per heavy atom. The molecule has 274 valence electrons. The molecule has 6 aromatic carbocycles. The third-order valence-corrected chi connectivity index (χ3v) is 13.3. The van der Waals surface area contributed by atoms with Crippen LogP contribution in [0.4, 0.5) is 0 Å². The number of benzene rings is 6. The lowest BCUT2D eigenvalue weighted by molar-refractivity contribution is -0.00876. The second-order valence-electron chi connectivity index (χ2n) is 15.0. The van der Waals surface area contributed by atoms with Gasteiger partial charge in [-0.05, 0) is 84.9 Å². The van der Waals surface area contributed by atoms with Gasteiger partial charge >= 0.3 is 7.12 Å². The molecule has 1 atom stereocenters. The van der Waals surface area contributed by atoms with Crippen molar-refractivity contribution in [2.75, 3.05) is 0 Å². The van der Waals surface area contributed by atoms with E-state index in [0.717, 1.165) is 49.6 Å². The summed E-state index contributed by atoms with van der Waals surface area (Å²) < 4.78 is 47.1. The first kappa shape index (κ1) is 34.8. The molecule has 1 saturated heterocycles. The Morgan fingerprint density at radius 1 is 0.643 bits per heavy atom. The van der Waals surface area contributed by atoms with E-state index in [4.69, 9.17) is 30.3 Å². The van der Waals surface area contributed by atoms with Gasteiger partial charge in [-0.1, -0.05) is 103 Å². The van der Waals surface area contributed by atoms with Crippen LogP contribution in [0.5, 0.6) is 0 Å². The first-order chi connectivity index (χ1) is 27.0. The summed E-state index contributed by atoms with van der Waals surface area (Å²) in [5, 5.41) is 1.92. The van der Waals surface area contributed by atoms with Gasteiger partial charge in [0.15, 0.2) is 11.6 Å². The first-order valence-electron chi connectivity index (χ1n) is 18.3. The van der Waals surface area contributed by atoms with E-state index in [1.807, 2.05) is 97.1 Å². The summed E-state index contributed by atoms with van der Waals surface area (Å²) in [6.45, 7) is 6.21. The normalized spacial score (nSPS) is 18.0. The number of fused-ring (bicyclic) bond motifs is 6. The second kappa shape index (κ2) is 12.7. The van der Waals surface area contributed by atoms with Crippen molar-refractivity contribution in [1.82, 2.24) is 15.0 Å². The summed E-state index contributed by atoms with van der Waals surface area (Å²) >= 11 is 6.33. The maximum absolute atomic E-state index is 13.5. The van der Waals surface area contributed by atoms with Crippen LogP contribution in [-0.2, 0) is 25.6 Å². The molecule has 10 rings (SSSR count). The summed E-state index contributed by atoms with van der Waals surface area (Å²) in [7, 11) is -4.29. The van der Waals surface area contributed by atoms with E-state index in [0.29, 0.717) is 44.6 Å². The maximum atomic E-state index is 13.5. The molecule has 0 amide bonds. The van der Waals surface area contributed by atoms with E-state index in [-0.39, 0.29) is 5.28 Å². The smallest absolute Gasteiger partial charge is 0.456 e. The van der Waals surface area contributed by atoms with Gasteiger partial charge in [-0.25, -0.2) is 13.4 Å². The molecule has 1 unspecified atom stereocenters. The number of aromatic nitrogens is 3. The minimum absolute atomic E-state index is 0.135. The molecule has 1 fully saturated rings. The van der Waals surface area contributed by atoms with Crippen LogP contribution in [0.3, 0.4) is 0 Å². The number of furan rings is 1. The molecule has 2 aromatic heterocycles. The van der Waals surface area contributed by atoms with Gasteiger partial charge in [-0.2, -0.15) is 9.97 Å². The third-order valence-electron chi connectivity index (χ3n) is 11.3. The predicted molar refractivity (Wildman–Crippen MR) is 219 cm³/mol. The third kappa shape index (κ3) is 5.50. The fourth-order valence-electron chi connectivity index (χ4n) is 8.05. The van der Waals surface area contributed by atoms with E-state index >= 15 is 0 Å². The highest BCUT2D eigenvalue weighted by Crippen LogP contribution is 2.48. The lowest BCUT2D eigenvalue weighted by Gasteiger charge is -2.36. The highest BCUT2D eigenvalue weighted by molar-refractivity contribution is 7.92. The molecule has 2 aliphatic heterocycles. The van der Waals surface area contributed by atoms with Crippen LogP contribution in [0.1, 0.15) is 26.3 Å². The van der Waals surface area contributed by atoms with Crippen LogP contribution in [-0.4, -0.2) is 41.7 Å². The molecular formula is C45H33BClN3O5S. The van der Waals surface area contributed by atoms with Crippen LogP contribution in [0.15, 0.2) is 148 Å². The highest BCUT2D eigenvalue weighted by atomic mass is 35.5. The van der Waals surface area contributed by atoms with Crippen LogP contribution >= 0.6 is 11.6 Å². The molecule has 0 radical (unpaired) electrons. The monoisotopic (exact) mass is 773 g/mol. The van der Waals surface area contributed by atoms with E-state index in [1.54, 1.807) is 18.2 Å². The Labute approximate surface area is 329 Å². The van der Waals surface area contributed by atoms with Gasteiger partial charge in [0, 0.05) is 39.4 Å². The zero-order valence-corrected chi connectivity index (χ0v) is 32.2. The second-order valence-corrected chi connectivity index (χ2v) is 17.2. The van der Waals surface area contributed by atoms with E-state index in [1.165, 1.54) is 0 Å². The number of halogens is 1. The van der Waals surface area contributed by atoms with E-state index in [9.17, 15) is 8.42 Å². The fraction of sp³-hybridized carbons (Fsp3) is 0.133. The SMILES string of the molecule is CC1(C)OB(c2cccc3oc4ccc(-c5cccc6c5-c5ccccc5S6(=O)=O)cc4c23)OC1(C)Cc1ccc(-c2nc(Cl)nc(-c3ccccc3)n2)cc1. The number of hydrogen-bond donors (Lipinski definition) is 0. The molecule has 0 spiro atoms. The van der Waals surface area contributed by atoms with Gasteiger partial charge in [0.1, 0.15) is 11.2 Å². The topological polar surface area (TPSA) is 104 Å². The molecular weight excluding hydrogens is 741 g/mol. The van der Waals surface area contributed by atoms with Gasteiger partial charge in [0.05, 0.1) is 21.0 Å². The van der Waals surface area contributed by atoms with Gasteiger partial charge in [-0.15, -0.1) is 0 Å². The Hall–Kier alpha value is -5.65. The summed E-state index contributed by atoms with van der Waals surface area (Å²) in [5.74, 6) is 1.01. The van der Waals surface area contributed by atoms with Crippen LogP contribution in [0.25, 0.3) is 67.0 Å². The van der Waals surface area contributed by atoms with Crippen molar-refractivity contribution < 1.29 is 22.1 Å². The van der Waals surface area contributed by atoms with Gasteiger partial charge in [0.25, 0.3) is 0 Å². The maximum Gasteiger partial charge on any atom is 0.495 e. The van der Waals surface area contributed by atoms with Crippen LogP contribution in [0, 0.1) is 0 Å². The lowest BCUT2D eigenvalue weighted by atomic mass is 9.76. The minimum atomic E-state index is -3.62. The van der Waals surface area contributed by atoms with Crippen molar-refractivity contribution in [2.45, 2.75) is 48.2 Å². The Bertz CT molecular complexity index is 2990. The number of nitrogens with zero attached hydrogens (tertiary/aromatic N) is 3. The van der Waals surface area contributed by atoms with Crippen molar-refractivity contribution in [2.24, 2.45) is 0 Å². The van der Waals surface area contributed by atoms with Crippen LogP contribution in [0.2, 0.25) is 5.28 Å². The van der Waals surface area contributed by atoms with Crippen molar-refractivity contribution in [1.29, 1.82) is 0 Å². The molecule has 0 bridgehead atoms. The number of hydrogen-bond acceptors (Lipinski definition) is 8. The molecule has 56 heavy (non-hydrogen) atoms. The molecule has 2 aliphatic rings. The molecule has 0 saturated carbocycles. The zero-order valence-electron chi connectivity index (χ0n) is 30.7. The largest absolute Gasteiger partial charge is 0.495 e. The minimum Gasteiger partial charge on any atom is -0.456 e. The average Bonchev–Trinajstić information content (AvgIpc) is 3.78. The molecule has 11 heteroatoms. The standard InChI is InChI=1S/C45H33BClN3O5S/c1-44(2)45(3,26-27-19-21-29(22-20-27)42-48-41(49-43(47)50-42)28-11-5-4-6-12-28)55-46(54-44)34-15-10-16-36-40(34)33-25-30(23-24-35(33)53-36)31-14-9-18-38-39(31)32-13-7-8-17-37(32)56(38,51)52/h4-25H,26H2,1-3H3. The van der Waals surface area contributed by atoms with Gasteiger partial charge in [0.2, 0.25) is 15.1 Å². The molecule has 4 heterocycles. The lowest BCUT2D eigenvalue weighted by Crippen LogP contribution is -2.46. The summed E-state index contributed by atoms with van der Waals surface area (Å²) in [4.78, 5) is 14.1. The first-order valence-corrected chi connectivity index (χ1v) is 20.2. The van der Waals surface area contributed by atoms with E-state index in [2.05, 4.69) is 48.9 Å². The van der Waals surface area contributed by atoms with Crippen LogP contribution < -0.4 is 5.46 Å². The van der Waals surface area contributed by atoms with E-state index < -0.39 is 28.2 Å². The highest BCUT2D eigenvalue weighted by Gasteiger charge is 2.55. The van der Waals surface area contributed by atoms with Crippen molar-refractivity contribution >= 4 is 56.0 Å². The zero-order chi connectivity index (χ0) is 38.4. The molecule has 0 N–H and O–H groups in total. The summed E-state index contributed by atoms with van der Waals surface area (Å²) in [6.07, 6.45) is 0.583. The van der Waals surface area contributed by atoms with Crippen molar-refractivity contribution in [3.8, 4) is 45.0 Å². The summed E-state index contributed by atoms with van der Waals surface area (Å²) in [6, 6.07) is 42.4. The number of sulfone groups is 1. The number of rotatable bonds is 6. The predicted octanol–water partition coefficient (Wildman–Crippen LogP) is 9.76.